The van der Waals surface area contributed by atoms with Gasteiger partial charge in [-0.3, -0.25) is 13.9 Å². The zero-order chi connectivity index (χ0) is 22.3. The number of anilines is 1. The number of halogens is 4. The largest absolute Gasteiger partial charge is 0.391 e. The predicted molar refractivity (Wildman–Crippen MR) is 114 cm³/mol. The van der Waals surface area contributed by atoms with E-state index in [2.05, 4.69) is 10.3 Å². The lowest BCUT2D eigenvalue weighted by Gasteiger charge is -2.30. The van der Waals surface area contributed by atoms with Gasteiger partial charge < -0.3 is 5.32 Å². The van der Waals surface area contributed by atoms with Crippen LogP contribution in [0.1, 0.15) is 44.3 Å². The van der Waals surface area contributed by atoms with E-state index in [-0.39, 0.29) is 29.8 Å². The number of fused-ring (bicyclic) bond motifs is 1. The molecule has 3 aromatic rings. The molecule has 10 heteroatoms. The van der Waals surface area contributed by atoms with E-state index in [1.54, 1.807) is 35.9 Å². The van der Waals surface area contributed by atoms with Gasteiger partial charge in [-0.2, -0.15) is 13.2 Å². The number of aryl methyl sites for hydroxylation is 1. The lowest BCUT2D eigenvalue weighted by molar-refractivity contribution is -0.182. The van der Waals surface area contributed by atoms with Crippen LogP contribution in [0.4, 0.5) is 19.1 Å². The van der Waals surface area contributed by atoms with Gasteiger partial charge in [-0.05, 0) is 56.9 Å². The van der Waals surface area contributed by atoms with Crippen molar-refractivity contribution in [2.24, 2.45) is 5.92 Å². The number of aromatic nitrogens is 4. The molecule has 0 amide bonds. The third kappa shape index (κ3) is 3.91. The molecule has 0 unspecified atom stereocenters. The molecule has 0 aliphatic heterocycles. The first-order valence-corrected chi connectivity index (χ1v) is 10.7. The molecule has 31 heavy (non-hydrogen) atoms. The lowest BCUT2D eigenvalue weighted by Crippen LogP contribution is -2.31. The summed E-state index contributed by atoms with van der Waals surface area (Å²) in [5.41, 5.74) is 0.877. The Bertz CT molecular complexity index is 1150. The molecule has 0 atom stereocenters. The molecule has 0 radical (unpaired) electrons. The number of imidazole rings is 1. The SMILES string of the molecule is CCn1c(NC)nc2c(=O)n(-c3ccc(Cl)cc3)c([C@H]3CC[C@@H](C(F)(F)F)CC3)nc21. The second-order valence-electron chi connectivity index (χ2n) is 7.78. The zero-order valence-corrected chi connectivity index (χ0v) is 18.0. The Morgan fingerprint density at radius 3 is 2.32 bits per heavy atom. The molecule has 1 aromatic carbocycles. The number of hydrogen-bond acceptors (Lipinski definition) is 4. The highest BCUT2D eigenvalue weighted by Crippen LogP contribution is 2.42. The minimum atomic E-state index is -4.19. The van der Waals surface area contributed by atoms with Crippen LogP contribution in [0.5, 0.6) is 0 Å². The third-order valence-corrected chi connectivity index (χ3v) is 6.23. The highest BCUT2D eigenvalue weighted by atomic mass is 35.5. The highest BCUT2D eigenvalue weighted by molar-refractivity contribution is 6.30. The monoisotopic (exact) mass is 453 g/mol. The maximum Gasteiger partial charge on any atom is 0.391 e. The van der Waals surface area contributed by atoms with Gasteiger partial charge in [0.15, 0.2) is 11.2 Å². The van der Waals surface area contributed by atoms with Crippen molar-refractivity contribution in [1.29, 1.82) is 0 Å². The molecular weight excluding hydrogens is 431 g/mol. The van der Waals surface area contributed by atoms with Gasteiger partial charge in [0.1, 0.15) is 5.82 Å². The predicted octanol–water partition coefficient (Wildman–Crippen LogP) is 5.13. The van der Waals surface area contributed by atoms with Crippen LogP contribution in [0.3, 0.4) is 0 Å². The number of alkyl halides is 3. The molecule has 1 aliphatic carbocycles. The van der Waals surface area contributed by atoms with Gasteiger partial charge in [-0.25, -0.2) is 9.97 Å². The van der Waals surface area contributed by atoms with Crippen LogP contribution in [0.25, 0.3) is 16.9 Å². The van der Waals surface area contributed by atoms with Gasteiger partial charge in [0, 0.05) is 24.5 Å². The summed E-state index contributed by atoms with van der Waals surface area (Å²) in [6, 6.07) is 6.75. The molecule has 1 aliphatic rings. The highest BCUT2D eigenvalue weighted by Gasteiger charge is 2.42. The lowest BCUT2D eigenvalue weighted by atomic mass is 9.81. The van der Waals surface area contributed by atoms with E-state index in [0.29, 0.717) is 47.5 Å². The molecule has 0 spiro atoms. The maximum atomic E-state index is 13.5. The Hall–Kier alpha value is -2.55. The van der Waals surface area contributed by atoms with E-state index in [9.17, 15) is 18.0 Å². The Kier molecular flexibility index (Phi) is 5.72. The molecule has 6 nitrogen and oxygen atoms in total. The summed E-state index contributed by atoms with van der Waals surface area (Å²) in [6.45, 7) is 2.47. The van der Waals surface area contributed by atoms with Gasteiger partial charge in [0.25, 0.3) is 5.56 Å². The molecule has 1 saturated carbocycles. The number of rotatable bonds is 4. The van der Waals surface area contributed by atoms with Crippen molar-refractivity contribution < 1.29 is 13.2 Å². The molecule has 0 bridgehead atoms. The second kappa shape index (κ2) is 8.18. The summed E-state index contributed by atoms with van der Waals surface area (Å²) in [4.78, 5) is 22.7. The minimum Gasteiger partial charge on any atom is -0.359 e. The molecule has 0 saturated heterocycles. The zero-order valence-electron chi connectivity index (χ0n) is 17.2. The molecule has 1 fully saturated rings. The summed E-state index contributed by atoms with van der Waals surface area (Å²) < 4.78 is 42.8. The van der Waals surface area contributed by atoms with Gasteiger partial charge in [-0.15, -0.1) is 0 Å². The Labute approximate surface area is 182 Å². The van der Waals surface area contributed by atoms with Crippen molar-refractivity contribution in [1.82, 2.24) is 19.1 Å². The van der Waals surface area contributed by atoms with Crippen LogP contribution in [-0.4, -0.2) is 32.3 Å². The molecule has 2 aromatic heterocycles. The summed E-state index contributed by atoms with van der Waals surface area (Å²) in [6.07, 6.45) is -3.51. The normalized spacial score (nSPS) is 19.7. The van der Waals surface area contributed by atoms with E-state index >= 15 is 0 Å². The summed E-state index contributed by atoms with van der Waals surface area (Å²) in [7, 11) is 1.71. The minimum absolute atomic E-state index is 0.0253. The molecule has 4 rings (SSSR count). The fourth-order valence-electron chi connectivity index (χ4n) is 4.35. The Morgan fingerprint density at radius 1 is 1.13 bits per heavy atom. The van der Waals surface area contributed by atoms with E-state index in [1.807, 2.05) is 6.92 Å². The van der Waals surface area contributed by atoms with E-state index in [1.165, 1.54) is 4.57 Å². The van der Waals surface area contributed by atoms with Crippen molar-refractivity contribution in [2.75, 3.05) is 12.4 Å². The summed E-state index contributed by atoms with van der Waals surface area (Å²) >= 11 is 6.01. The molecule has 166 valence electrons. The maximum absolute atomic E-state index is 13.5. The Morgan fingerprint density at radius 2 is 1.77 bits per heavy atom. The Balaban J connectivity index is 1.89. The molecule has 1 N–H and O–H groups in total. The fourth-order valence-corrected chi connectivity index (χ4v) is 4.48. The summed E-state index contributed by atoms with van der Waals surface area (Å²) in [5, 5.41) is 3.49. The van der Waals surface area contributed by atoms with Crippen molar-refractivity contribution in [3.05, 3.63) is 45.5 Å². The van der Waals surface area contributed by atoms with Crippen molar-refractivity contribution in [3.63, 3.8) is 0 Å². The smallest absolute Gasteiger partial charge is 0.359 e. The van der Waals surface area contributed by atoms with Crippen molar-refractivity contribution in [2.45, 2.75) is 51.2 Å². The third-order valence-electron chi connectivity index (χ3n) is 5.98. The van der Waals surface area contributed by atoms with Crippen LogP contribution in [0.2, 0.25) is 5.02 Å². The first-order valence-electron chi connectivity index (χ1n) is 10.3. The van der Waals surface area contributed by atoms with Crippen LogP contribution >= 0.6 is 11.6 Å². The fraction of sp³-hybridized carbons (Fsp3) is 0.476. The van der Waals surface area contributed by atoms with Crippen molar-refractivity contribution >= 4 is 28.7 Å². The van der Waals surface area contributed by atoms with E-state index in [4.69, 9.17) is 16.6 Å². The standard InChI is InChI=1S/C21H23ClF3N5O/c1-3-29-18-16(27-20(29)26-2)19(31)30(15-10-8-14(22)9-11-15)17(28-18)12-4-6-13(7-5-12)21(23,24)25/h8-13H,3-7H2,1-2H3,(H,26,27)/t12-,13+. The van der Waals surface area contributed by atoms with Crippen LogP contribution < -0.4 is 10.9 Å². The first kappa shape index (κ1) is 21.7. The van der Waals surface area contributed by atoms with E-state index < -0.39 is 12.1 Å². The second-order valence-corrected chi connectivity index (χ2v) is 8.22. The quantitative estimate of drug-likeness (QED) is 0.594. The van der Waals surface area contributed by atoms with Crippen LogP contribution in [-0.2, 0) is 6.54 Å². The van der Waals surface area contributed by atoms with Crippen molar-refractivity contribution in [3.8, 4) is 5.69 Å². The van der Waals surface area contributed by atoms with E-state index in [0.717, 1.165) is 0 Å². The van der Waals surface area contributed by atoms with Gasteiger partial charge >= 0.3 is 6.18 Å². The van der Waals surface area contributed by atoms with Gasteiger partial charge in [0.05, 0.1) is 11.6 Å². The van der Waals surface area contributed by atoms with Gasteiger partial charge in [-0.1, -0.05) is 11.6 Å². The van der Waals surface area contributed by atoms with Gasteiger partial charge in [0.2, 0.25) is 5.95 Å². The average Bonchev–Trinajstić information content (AvgIpc) is 3.12. The number of hydrogen-bond donors (Lipinski definition) is 1. The first-order chi connectivity index (χ1) is 14.7. The van der Waals surface area contributed by atoms with Crippen LogP contribution in [0, 0.1) is 5.92 Å². The molecule has 2 heterocycles. The number of nitrogens with zero attached hydrogens (tertiary/aromatic N) is 4. The number of benzene rings is 1. The average molecular weight is 454 g/mol. The molecular formula is C21H23ClF3N5O. The number of nitrogens with one attached hydrogen (secondary N) is 1. The summed E-state index contributed by atoms with van der Waals surface area (Å²) in [5.74, 6) is -0.578. The van der Waals surface area contributed by atoms with Crippen LogP contribution in [0.15, 0.2) is 29.1 Å². The topological polar surface area (TPSA) is 64.7 Å².